The number of aldehydes is 1. The highest BCUT2D eigenvalue weighted by atomic mass is 19.1. The zero-order valence-corrected chi connectivity index (χ0v) is 8.16. The number of halogens is 1. The van der Waals surface area contributed by atoms with Crippen LogP contribution in [0.4, 0.5) is 4.39 Å². The lowest BCUT2D eigenvalue weighted by molar-refractivity contribution is 0.110. The van der Waals surface area contributed by atoms with Crippen molar-refractivity contribution in [2.75, 3.05) is 0 Å². The lowest BCUT2D eigenvalue weighted by Crippen LogP contribution is -1.86. The van der Waals surface area contributed by atoms with Crippen LogP contribution < -0.4 is 0 Å². The summed E-state index contributed by atoms with van der Waals surface area (Å²) in [5.41, 5.74) is 1.84. The van der Waals surface area contributed by atoms with Crippen LogP contribution in [0.5, 0.6) is 0 Å². The van der Waals surface area contributed by atoms with Gasteiger partial charge >= 0.3 is 0 Å². The molecular formula is C12H9FO2. The summed E-state index contributed by atoms with van der Waals surface area (Å²) >= 11 is 0. The molecule has 0 aliphatic carbocycles. The Kier molecular flexibility index (Phi) is 2.37. The maximum atomic E-state index is 13.3. The van der Waals surface area contributed by atoms with Crippen molar-refractivity contribution in [3.63, 3.8) is 0 Å². The number of hydrogen-bond acceptors (Lipinski definition) is 2. The third-order valence-electron chi connectivity index (χ3n) is 2.29. The predicted molar refractivity (Wildman–Crippen MR) is 54.2 cm³/mol. The van der Waals surface area contributed by atoms with Gasteiger partial charge in [0.1, 0.15) is 5.82 Å². The summed E-state index contributed by atoms with van der Waals surface area (Å²) in [7, 11) is 0. The Morgan fingerprint density at radius 2 is 2.13 bits per heavy atom. The molecule has 0 fully saturated rings. The molecule has 1 aromatic carbocycles. The van der Waals surface area contributed by atoms with Crippen LogP contribution in [0, 0.1) is 12.7 Å². The quantitative estimate of drug-likeness (QED) is 0.703. The van der Waals surface area contributed by atoms with Gasteiger partial charge in [-0.2, -0.15) is 0 Å². The van der Waals surface area contributed by atoms with Crippen LogP contribution in [0.3, 0.4) is 0 Å². The second-order valence-electron chi connectivity index (χ2n) is 3.28. The normalized spacial score (nSPS) is 10.3. The molecule has 0 radical (unpaired) electrons. The van der Waals surface area contributed by atoms with Gasteiger partial charge in [-0.3, -0.25) is 4.79 Å². The summed E-state index contributed by atoms with van der Waals surface area (Å²) in [5.74, 6) is -0.0659. The predicted octanol–water partition coefficient (Wildman–Crippen LogP) is 3.21. The Morgan fingerprint density at radius 3 is 2.80 bits per heavy atom. The van der Waals surface area contributed by atoms with E-state index < -0.39 is 0 Å². The second-order valence-corrected chi connectivity index (χ2v) is 3.28. The first-order valence-electron chi connectivity index (χ1n) is 4.51. The van der Waals surface area contributed by atoms with Gasteiger partial charge in [0, 0.05) is 5.56 Å². The van der Waals surface area contributed by atoms with E-state index in [1.807, 2.05) is 0 Å². The Bertz CT molecular complexity index is 500. The SMILES string of the molecule is Cc1ccc(-c2ccoc2C=O)cc1F. The molecule has 0 saturated carbocycles. The summed E-state index contributed by atoms with van der Waals surface area (Å²) in [6, 6.07) is 6.48. The fourth-order valence-electron chi connectivity index (χ4n) is 1.41. The molecule has 0 spiro atoms. The van der Waals surface area contributed by atoms with Crippen molar-refractivity contribution in [3.05, 3.63) is 47.7 Å². The smallest absolute Gasteiger partial charge is 0.185 e. The highest BCUT2D eigenvalue weighted by molar-refractivity contribution is 5.84. The maximum absolute atomic E-state index is 13.3. The largest absolute Gasteiger partial charge is 0.461 e. The zero-order valence-electron chi connectivity index (χ0n) is 8.16. The number of carbonyl (C=O) groups is 1. The van der Waals surface area contributed by atoms with E-state index in [0.29, 0.717) is 23.0 Å². The molecule has 0 aliphatic rings. The molecule has 0 atom stereocenters. The van der Waals surface area contributed by atoms with Crippen LogP contribution in [0.15, 0.2) is 34.9 Å². The topological polar surface area (TPSA) is 30.2 Å². The number of furan rings is 1. The van der Waals surface area contributed by atoms with E-state index in [1.165, 1.54) is 12.3 Å². The first kappa shape index (κ1) is 9.65. The summed E-state index contributed by atoms with van der Waals surface area (Å²) in [5, 5.41) is 0. The number of carbonyl (C=O) groups excluding carboxylic acids is 1. The molecular weight excluding hydrogens is 195 g/mol. The third kappa shape index (κ3) is 1.68. The van der Waals surface area contributed by atoms with Crippen molar-refractivity contribution in [2.45, 2.75) is 6.92 Å². The van der Waals surface area contributed by atoms with Gasteiger partial charge in [0.2, 0.25) is 0 Å². The van der Waals surface area contributed by atoms with E-state index in [-0.39, 0.29) is 11.6 Å². The Morgan fingerprint density at radius 1 is 1.33 bits per heavy atom. The second kappa shape index (κ2) is 3.69. The van der Waals surface area contributed by atoms with Crippen LogP contribution in [0.2, 0.25) is 0 Å². The van der Waals surface area contributed by atoms with Crippen molar-refractivity contribution < 1.29 is 13.6 Å². The van der Waals surface area contributed by atoms with Crippen molar-refractivity contribution in [3.8, 4) is 11.1 Å². The molecule has 0 amide bonds. The maximum Gasteiger partial charge on any atom is 0.185 e. The van der Waals surface area contributed by atoms with Gasteiger partial charge < -0.3 is 4.42 Å². The molecule has 1 heterocycles. The summed E-state index contributed by atoms with van der Waals surface area (Å²) in [4.78, 5) is 10.6. The molecule has 76 valence electrons. The van der Waals surface area contributed by atoms with Crippen LogP contribution in [-0.2, 0) is 0 Å². The number of aryl methyl sites for hydroxylation is 1. The first-order chi connectivity index (χ1) is 7.22. The van der Waals surface area contributed by atoms with Gasteiger partial charge in [-0.25, -0.2) is 4.39 Å². The van der Waals surface area contributed by atoms with Crippen LogP contribution in [-0.4, -0.2) is 6.29 Å². The number of benzene rings is 1. The average Bonchev–Trinajstić information content (AvgIpc) is 2.70. The summed E-state index contributed by atoms with van der Waals surface area (Å²) < 4.78 is 18.2. The lowest BCUT2D eigenvalue weighted by Gasteiger charge is -2.01. The molecule has 3 heteroatoms. The van der Waals surface area contributed by atoms with Gasteiger partial charge in [-0.1, -0.05) is 12.1 Å². The van der Waals surface area contributed by atoms with Crippen molar-refractivity contribution in [1.82, 2.24) is 0 Å². The molecule has 0 bridgehead atoms. The molecule has 15 heavy (non-hydrogen) atoms. The minimum absolute atomic E-state index is 0.221. The van der Waals surface area contributed by atoms with Crippen LogP contribution in [0.25, 0.3) is 11.1 Å². The molecule has 2 aromatic rings. The van der Waals surface area contributed by atoms with Crippen LogP contribution >= 0.6 is 0 Å². The Hall–Kier alpha value is -1.90. The minimum Gasteiger partial charge on any atom is -0.461 e. The van der Waals surface area contributed by atoms with E-state index >= 15 is 0 Å². The molecule has 2 nitrogen and oxygen atoms in total. The lowest BCUT2D eigenvalue weighted by atomic mass is 10.0. The minimum atomic E-state index is -0.287. The zero-order chi connectivity index (χ0) is 10.8. The van der Waals surface area contributed by atoms with Gasteiger partial charge in [0.25, 0.3) is 0 Å². The Labute approximate surface area is 86.3 Å². The van der Waals surface area contributed by atoms with Crippen molar-refractivity contribution in [2.24, 2.45) is 0 Å². The van der Waals surface area contributed by atoms with Crippen molar-refractivity contribution in [1.29, 1.82) is 0 Å². The van der Waals surface area contributed by atoms with Gasteiger partial charge in [0.15, 0.2) is 12.0 Å². The standard InChI is InChI=1S/C12H9FO2/c1-8-2-3-9(6-11(8)13)10-4-5-15-12(10)7-14/h2-7H,1H3. The molecule has 0 unspecified atom stereocenters. The van der Waals surface area contributed by atoms with Gasteiger partial charge in [0.05, 0.1) is 6.26 Å². The Balaban J connectivity index is 2.54. The van der Waals surface area contributed by atoms with Gasteiger partial charge in [-0.15, -0.1) is 0 Å². The van der Waals surface area contributed by atoms with E-state index in [1.54, 1.807) is 25.1 Å². The summed E-state index contributed by atoms with van der Waals surface area (Å²) in [6.45, 7) is 1.69. The van der Waals surface area contributed by atoms with Gasteiger partial charge in [-0.05, 0) is 30.2 Å². The van der Waals surface area contributed by atoms with Crippen LogP contribution in [0.1, 0.15) is 16.1 Å². The number of rotatable bonds is 2. The van der Waals surface area contributed by atoms with E-state index in [2.05, 4.69) is 0 Å². The molecule has 0 saturated heterocycles. The van der Waals surface area contributed by atoms with E-state index in [9.17, 15) is 9.18 Å². The first-order valence-corrected chi connectivity index (χ1v) is 4.51. The van der Waals surface area contributed by atoms with E-state index in [4.69, 9.17) is 4.42 Å². The summed E-state index contributed by atoms with van der Waals surface area (Å²) in [6.07, 6.45) is 2.03. The third-order valence-corrected chi connectivity index (χ3v) is 2.29. The monoisotopic (exact) mass is 204 g/mol. The fraction of sp³-hybridized carbons (Fsp3) is 0.0833. The fourth-order valence-corrected chi connectivity index (χ4v) is 1.41. The molecule has 0 aliphatic heterocycles. The highest BCUT2D eigenvalue weighted by Crippen LogP contribution is 2.25. The highest BCUT2D eigenvalue weighted by Gasteiger charge is 2.09. The molecule has 2 rings (SSSR count). The number of hydrogen-bond donors (Lipinski definition) is 0. The molecule has 1 aromatic heterocycles. The van der Waals surface area contributed by atoms with E-state index in [0.717, 1.165) is 0 Å². The average molecular weight is 204 g/mol. The van der Waals surface area contributed by atoms with Crippen molar-refractivity contribution >= 4 is 6.29 Å². The molecule has 0 N–H and O–H groups in total.